The van der Waals surface area contributed by atoms with Crippen LogP contribution >= 0.6 is 0 Å². The van der Waals surface area contributed by atoms with E-state index in [1.165, 1.54) is 6.42 Å². The molecule has 3 heterocycles. The van der Waals surface area contributed by atoms with Crippen LogP contribution in [0.4, 0.5) is 0 Å². The number of fused-ring (bicyclic) bond motifs is 1. The highest BCUT2D eigenvalue weighted by Crippen LogP contribution is 2.15. The summed E-state index contributed by atoms with van der Waals surface area (Å²) in [5.41, 5.74) is 1.87. The van der Waals surface area contributed by atoms with Crippen molar-refractivity contribution in [1.29, 1.82) is 0 Å². The molecular weight excluding hydrogens is 188 g/mol. The fraction of sp³-hybridized carbons (Fsp3) is 0.455. The van der Waals surface area contributed by atoms with Crippen molar-refractivity contribution < 1.29 is 0 Å². The van der Waals surface area contributed by atoms with Gasteiger partial charge in [0, 0.05) is 12.6 Å². The maximum absolute atomic E-state index is 4.48. The van der Waals surface area contributed by atoms with Crippen molar-refractivity contribution in [2.75, 3.05) is 13.1 Å². The maximum Gasteiger partial charge on any atom is 0.177 e. The van der Waals surface area contributed by atoms with Crippen molar-refractivity contribution >= 4 is 11.2 Å². The molecule has 0 amide bonds. The van der Waals surface area contributed by atoms with Gasteiger partial charge in [-0.3, -0.25) is 0 Å². The van der Waals surface area contributed by atoms with E-state index >= 15 is 0 Å². The predicted octanol–water partition coefficient (Wildman–Crippen LogP) is 1.11. The smallest absolute Gasteiger partial charge is 0.177 e. The second kappa shape index (κ2) is 3.62. The first-order chi connectivity index (χ1) is 7.42. The highest BCUT2D eigenvalue weighted by Gasteiger charge is 2.16. The summed E-state index contributed by atoms with van der Waals surface area (Å²) in [7, 11) is 0. The minimum absolute atomic E-state index is 0.727. The Hall–Kier alpha value is -1.42. The Balaban J connectivity index is 1.84. The van der Waals surface area contributed by atoms with E-state index in [-0.39, 0.29) is 0 Å². The van der Waals surface area contributed by atoms with Crippen molar-refractivity contribution in [3.05, 3.63) is 24.2 Å². The SMILES string of the molecule is c1cnc2nc(CC3CCNC3)[nH]c2c1. The summed E-state index contributed by atoms with van der Waals surface area (Å²) in [6, 6.07) is 3.95. The third-order valence-corrected chi connectivity index (χ3v) is 2.95. The minimum Gasteiger partial charge on any atom is -0.341 e. The summed E-state index contributed by atoms with van der Waals surface area (Å²) in [5.74, 6) is 1.79. The van der Waals surface area contributed by atoms with Crippen LogP contribution < -0.4 is 5.32 Å². The first kappa shape index (κ1) is 8.85. The van der Waals surface area contributed by atoms with E-state index in [0.717, 1.165) is 42.4 Å². The van der Waals surface area contributed by atoms with Gasteiger partial charge in [0.2, 0.25) is 0 Å². The lowest BCUT2D eigenvalue weighted by Crippen LogP contribution is -2.11. The summed E-state index contributed by atoms with van der Waals surface area (Å²) in [6.45, 7) is 2.26. The Morgan fingerprint density at radius 3 is 3.27 bits per heavy atom. The van der Waals surface area contributed by atoms with E-state index in [9.17, 15) is 0 Å². The van der Waals surface area contributed by atoms with Gasteiger partial charge >= 0.3 is 0 Å². The fourth-order valence-electron chi connectivity index (χ4n) is 2.15. The maximum atomic E-state index is 4.48. The molecule has 0 saturated carbocycles. The highest BCUT2D eigenvalue weighted by molar-refractivity contribution is 5.69. The number of hydrogen-bond donors (Lipinski definition) is 2. The van der Waals surface area contributed by atoms with Crippen LogP contribution in [0.1, 0.15) is 12.2 Å². The van der Waals surface area contributed by atoms with Gasteiger partial charge in [-0.2, -0.15) is 0 Å². The van der Waals surface area contributed by atoms with Crippen LogP contribution in [0.3, 0.4) is 0 Å². The molecule has 0 bridgehead atoms. The molecule has 4 nitrogen and oxygen atoms in total. The van der Waals surface area contributed by atoms with Crippen molar-refractivity contribution in [2.45, 2.75) is 12.8 Å². The average Bonchev–Trinajstić information content (AvgIpc) is 2.86. The molecule has 3 rings (SSSR count). The number of aromatic nitrogens is 3. The first-order valence-electron chi connectivity index (χ1n) is 5.42. The zero-order chi connectivity index (χ0) is 10.1. The summed E-state index contributed by atoms with van der Waals surface area (Å²) >= 11 is 0. The number of rotatable bonds is 2. The third-order valence-electron chi connectivity index (χ3n) is 2.95. The molecule has 1 atom stereocenters. The lowest BCUT2D eigenvalue weighted by molar-refractivity contribution is 0.565. The third kappa shape index (κ3) is 1.72. The number of imidazole rings is 1. The Morgan fingerprint density at radius 1 is 1.47 bits per heavy atom. The normalized spacial score (nSPS) is 21.2. The Kier molecular flexibility index (Phi) is 2.14. The van der Waals surface area contributed by atoms with Gasteiger partial charge in [0.25, 0.3) is 0 Å². The Labute approximate surface area is 88.1 Å². The summed E-state index contributed by atoms with van der Waals surface area (Å²) in [5, 5.41) is 3.37. The quantitative estimate of drug-likeness (QED) is 0.767. The molecule has 1 aliphatic heterocycles. The van der Waals surface area contributed by atoms with Crippen LogP contribution in [0.5, 0.6) is 0 Å². The minimum atomic E-state index is 0.727. The van der Waals surface area contributed by atoms with E-state index in [2.05, 4.69) is 20.3 Å². The van der Waals surface area contributed by atoms with Crippen LogP contribution in [-0.2, 0) is 6.42 Å². The van der Waals surface area contributed by atoms with Crippen LogP contribution in [-0.4, -0.2) is 28.0 Å². The molecule has 2 aromatic rings. The van der Waals surface area contributed by atoms with Gasteiger partial charge in [-0.05, 0) is 37.6 Å². The second-order valence-electron chi connectivity index (χ2n) is 4.12. The Morgan fingerprint density at radius 2 is 2.47 bits per heavy atom. The second-order valence-corrected chi connectivity index (χ2v) is 4.12. The molecule has 1 aliphatic rings. The monoisotopic (exact) mass is 202 g/mol. The van der Waals surface area contributed by atoms with Crippen LogP contribution in [0, 0.1) is 5.92 Å². The molecule has 78 valence electrons. The van der Waals surface area contributed by atoms with E-state index in [0.29, 0.717) is 0 Å². The average molecular weight is 202 g/mol. The van der Waals surface area contributed by atoms with Crippen molar-refractivity contribution in [2.24, 2.45) is 5.92 Å². The first-order valence-corrected chi connectivity index (χ1v) is 5.42. The summed E-state index contributed by atoms with van der Waals surface area (Å²) in [6.07, 6.45) is 4.07. The fourth-order valence-corrected chi connectivity index (χ4v) is 2.15. The number of pyridine rings is 1. The molecule has 15 heavy (non-hydrogen) atoms. The van der Waals surface area contributed by atoms with Gasteiger partial charge in [0.05, 0.1) is 5.52 Å². The highest BCUT2D eigenvalue weighted by atomic mass is 15.0. The lowest BCUT2D eigenvalue weighted by atomic mass is 10.1. The van der Waals surface area contributed by atoms with Crippen LogP contribution in [0.15, 0.2) is 18.3 Å². The molecule has 1 unspecified atom stereocenters. The van der Waals surface area contributed by atoms with E-state index < -0.39 is 0 Å². The van der Waals surface area contributed by atoms with Crippen LogP contribution in [0.2, 0.25) is 0 Å². The van der Waals surface area contributed by atoms with Gasteiger partial charge in [0.1, 0.15) is 5.82 Å². The molecule has 1 fully saturated rings. The van der Waals surface area contributed by atoms with Crippen LogP contribution in [0.25, 0.3) is 11.2 Å². The summed E-state index contributed by atoms with van der Waals surface area (Å²) in [4.78, 5) is 12.0. The molecular formula is C11H14N4. The molecule has 0 radical (unpaired) electrons. The van der Waals surface area contributed by atoms with Gasteiger partial charge in [0.15, 0.2) is 5.65 Å². The molecule has 4 heteroatoms. The van der Waals surface area contributed by atoms with E-state index in [1.54, 1.807) is 6.20 Å². The van der Waals surface area contributed by atoms with E-state index in [4.69, 9.17) is 0 Å². The van der Waals surface area contributed by atoms with Crippen molar-refractivity contribution in [3.8, 4) is 0 Å². The molecule has 2 aromatic heterocycles. The number of aromatic amines is 1. The molecule has 0 aliphatic carbocycles. The topological polar surface area (TPSA) is 53.6 Å². The number of nitrogens with one attached hydrogen (secondary N) is 2. The standard InChI is InChI=1S/C11H14N4/c1-2-9-11(13-4-1)15-10(14-9)6-8-3-5-12-7-8/h1-2,4,8,12H,3,5-7H2,(H,13,14,15). The predicted molar refractivity (Wildman–Crippen MR) is 58.6 cm³/mol. The van der Waals surface area contributed by atoms with E-state index in [1.807, 2.05) is 12.1 Å². The Bertz CT molecular complexity index is 423. The van der Waals surface area contributed by atoms with Crippen molar-refractivity contribution in [3.63, 3.8) is 0 Å². The molecule has 2 N–H and O–H groups in total. The zero-order valence-corrected chi connectivity index (χ0v) is 8.53. The van der Waals surface area contributed by atoms with Gasteiger partial charge in [-0.15, -0.1) is 0 Å². The molecule has 0 aromatic carbocycles. The molecule has 1 saturated heterocycles. The van der Waals surface area contributed by atoms with Gasteiger partial charge < -0.3 is 10.3 Å². The van der Waals surface area contributed by atoms with Gasteiger partial charge in [-0.1, -0.05) is 0 Å². The van der Waals surface area contributed by atoms with Crippen molar-refractivity contribution in [1.82, 2.24) is 20.3 Å². The molecule has 0 spiro atoms. The van der Waals surface area contributed by atoms with Gasteiger partial charge in [-0.25, -0.2) is 9.97 Å². The number of nitrogens with zero attached hydrogens (tertiary/aromatic N) is 2. The summed E-state index contributed by atoms with van der Waals surface area (Å²) < 4.78 is 0. The number of hydrogen-bond acceptors (Lipinski definition) is 3. The lowest BCUT2D eigenvalue weighted by Gasteiger charge is -2.03. The zero-order valence-electron chi connectivity index (χ0n) is 8.53. The largest absolute Gasteiger partial charge is 0.341 e. The number of H-pyrrole nitrogens is 1.